The van der Waals surface area contributed by atoms with Gasteiger partial charge in [-0.2, -0.15) is 0 Å². The lowest BCUT2D eigenvalue weighted by Gasteiger charge is -2.38. The molecule has 4 N–H and O–H groups in total. The Bertz CT molecular complexity index is 1380. The molecule has 0 spiro atoms. The first-order chi connectivity index (χ1) is 19.9. The summed E-state index contributed by atoms with van der Waals surface area (Å²) < 4.78 is 25.0. The number of hydrogen-bond donors (Lipinski definition) is 3. The number of nitrogens with zero attached hydrogens (tertiary/aromatic N) is 2. The lowest BCUT2D eigenvalue weighted by molar-refractivity contribution is -0.117. The summed E-state index contributed by atoms with van der Waals surface area (Å²) in [6.45, 7) is 2.32. The topological polar surface area (TPSA) is 150 Å². The SMILES string of the molecule is C[C@@H](C1CCCCC1)N(C[C@@H](O)[C@H](Cc1ccccc1)NC(=O)c1cc(N2CCCC2=O)cc(S(C)(=O)=O)c1)C(N)=O. The van der Waals surface area contributed by atoms with Gasteiger partial charge in [0.2, 0.25) is 5.91 Å². The lowest BCUT2D eigenvalue weighted by Crippen LogP contribution is -2.54. The van der Waals surface area contributed by atoms with Crippen LogP contribution in [0.5, 0.6) is 0 Å². The van der Waals surface area contributed by atoms with Crippen molar-refractivity contribution in [3.05, 3.63) is 59.7 Å². The number of amides is 4. The van der Waals surface area contributed by atoms with Gasteiger partial charge in [-0.05, 0) is 62.3 Å². The molecule has 0 aromatic heterocycles. The van der Waals surface area contributed by atoms with Gasteiger partial charge in [0.05, 0.1) is 23.6 Å². The average Bonchev–Trinajstić information content (AvgIpc) is 3.41. The second-order valence-corrected chi connectivity index (χ2v) is 13.6. The minimum absolute atomic E-state index is 0.0558. The fraction of sp³-hybridized carbons (Fsp3) is 0.516. The van der Waals surface area contributed by atoms with Crippen LogP contribution in [-0.4, -0.2) is 73.8 Å². The zero-order chi connectivity index (χ0) is 30.4. The summed E-state index contributed by atoms with van der Waals surface area (Å²) in [6.07, 6.45) is 6.48. The van der Waals surface area contributed by atoms with Gasteiger partial charge in [0, 0.05) is 36.5 Å². The number of nitrogens with two attached hydrogens (primary N) is 1. The van der Waals surface area contributed by atoms with Crippen LogP contribution in [0.2, 0.25) is 0 Å². The van der Waals surface area contributed by atoms with E-state index in [-0.39, 0.29) is 41.3 Å². The molecule has 228 valence electrons. The molecule has 1 saturated heterocycles. The molecule has 11 heteroatoms. The maximum absolute atomic E-state index is 13.7. The molecule has 2 fully saturated rings. The van der Waals surface area contributed by atoms with Gasteiger partial charge >= 0.3 is 6.03 Å². The Morgan fingerprint density at radius 1 is 1.10 bits per heavy atom. The number of anilines is 1. The number of benzene rings is 2. The van der Waals surface area contributed by atoms with Gasteiger partial charge in [-0.25, -0.2) is 13.2 Å². The first-order valence-electron chi connectivity index (χ1n) is 14.7. The fourth-order valence-corrected chi connectivity index (χ4v) is 6.74. The molecule has 0 unspecified atom stereocenters. The molecule has 2 aromatic carbocycles. The Morgan fingerprint density at radius 2 is 1.79 bits per heavy atom. The monoisotopic (exact) mass is 598 g/mol. The summed E-state index contributed by atoms with van der Waals surface area (Å²) in [5, 5.41) is 14.4. The van der Waals surface area contributed by atoms with E-state index in [0.717, 1.165) is 37.5 Å². The van der Waals surface area contributed by atoms with Gasteiger partial charge in [0.15, 0.2) is 9.84 Å². The molecule has 0 radical (unpaired) electrons. The Hall–Kier alpha value is -3.44. The van der Waals surface area contributed by atoms with Crippen molar-refractivity contribution in [2.75, 3.05) is 24.2 Å². The van der Waals surface area contributed by atoms with Crippen LogP contribution in [-0.2, 0) is 21.1 Å². The minimum atomic E-state index is -3.69. The molecule has 1 saturated carbocycles. The maximum Gasteiger partial charge on any atom is 0.315 e. The molecule has 2 aliphatic rings. The first-order valence-corrected chi connectivity index (χ1v) is 16.6. The molecule has 1 heterocycles. The van der Waals surface area contributed by atoms with E-state index in [1.165, 1.54) is 34.4 Å². The predicted octanol–water partition coefficient (Wildman–Crippen LogP) is 3.27. The first kappa shape index (κ1) is 31.5. The van der Waals surface area contributed by atoms with Crippen LogP contribution in [0.15, 0.2) is 53.4 Å². The minimum Gasteiger partial charge on any atom is -0.389 e. The van der Waals surface area contributed by atoms with E-state index in [9.17, 15) is 27.9 Å². The van der Waals surface area contributed by atoms with E-state index < -0.39 is 33.9 Å². The van der Waals surface area contributed by atoms with Crippen molar-refractivity contribution in [1.29, 1.82) is 0 Å². The summed E-state index contributed by atoms with van der Waals surface area (Å²) in [7, 11) is -3.69. The van der Waals surface area contributed by atoms with Crippen LogP contribution in [0.1, 0.15) is 67.8 Å². The molecule has 4 amide bonds. The van der Waals surface area contributed by atoms with Gasteiger partial charge in [0.1, 0.15) is 0 Å². The molecule has 0 bridgehead atoms. The second kappa shape index (κ2) is 13.7. The Labute approximate surface area is 248 Å². The zero-order valence-electron chi connectivity index (χ0n) is 24.4. The highest BCUT2D eigenvalue weighted by molar-refractivity contribution is 7.90. The van der Waals surface area contributed by atoms with Crippen LogP contribution in [0, 0.1) is 5.92 Å². The third kappa shape index (κ3) is 7.89. The third-order valence-corrected chi connectivity index (χ3v) is 9.63. The molecule has 2 aromatic rings. The standard InChI is InChI=1S/C31H42N4O6S/c1-21(23-12-7-4-8-13-23)35(31(32)39)20-28(36)27(16-22-10-5-3-6-11-22)33-30(38)24-17-25(34-15-9-14-29(34)37)19-26(18-24)42(2,40)41/h3,5-6,10-11,17-19,21,23,27-28,36H,4,7-9,12-16,20H2,1-2H3,(H2,32,39)(H,33,38)/t21-,27-,28+/m0/s1. The van der Waals surface area contributed by atoms with E-state index in [1.807, 2.05) is 37.3 Å². The number of aliphatic hydroxyl groups excluding tert-OH is 1. The van der Waals surface area contributed by atoms with Gasteiger partial charge in [-0.1, -0.05) is 49.6 Å². The lowest BCUT2D eigenvalue weighted by atomic mass is 9.84. The molecule has 42 heavy (non-hydrogen) atoms. The van der Waals surface area contributed by atoms with Crippen molar-refractivity contribution >= 4 is 33.4 Å². The van der Waals surface area contributed by atoms with Crippen molar-refractivity contribution < 1.29 is 27.9 Å². The highest BCUT2D eigenvalue weighted by Gasteiger charge is 2.32. The number of rotatable bonds is 11. The molecule has 1 aliphatic heterocycles. The predicted molar refractivity (Wildman–Crippen MR) is 161 cm³/mol. The number of urea groups is 1. The Kier molecular flexibility index (Phi) is 10.3. The van der Waals surface area contributed by atoms with Crippen molar-refractivity contribution in [2.45, 2.75) is 81.4 Å². The highest BCUT2D eigenvalue weighted by atomic mass is 32.2. The van der Waals surface area contributed by atoms with Gasteiger partial charge in [-0.15, -0.1) is 0 Å². The fourth-order valence-electron chi connectivity index (χ4n) is 6.07. The summed E-state index contributed by atoms with van der Waals surface area (Å²) in [4.78, 5) is 41.5. The molecule has 4 rings (SSSR count). The van der Waals surface area contributed by atoms with Crippen molar-refractivity contribution in [3.63, 3.8) is 0 Å². The van der Waals surface area contributed by atoms with Crippen molar-refractivity contribution in [1.82, 2.24) is 10.2 Å². The van der Waals surface area contributed by atoms with Crippen molar-refractivity contribution in [3.8, 4) is 0 Å². The van der Waals surface area contributed by atoms with Crippen molar-refractivity contribution in [2.24, 2.45) is 11.7 Å². The zero-order valence-corrected chi connectivity index (χ0v) is 25.2. The van der Waals surface area contributed by atoms with Crippen LogP contribution in [0.4, 0.5) is 10.5 Å². The molecule has 1 aliphatic carbocycles. The van der Waals surface area contributed by atoms with E-state index in [2.05, 4.69) is 5.32 Å². The smallest absolute Gasteiger partial charge is 0.315 e. The largest absolute Gasteiger partial charge is 0.389 e. The summed E-state index contributed by atoms with van der Waals surface area (Å²) in [6, 6.07) is 11.9. The second-order valence-electron chi connectivity index (χ2n) is 11.6. The van der Waals surface area contributed by atoms with Crippen LogP contribution >= 0.6 is 0 Å². The number of sulfone groups is 1. The molecule has 3 atom stereocenters. The van der Waals surface area contributed by atoms with Gasteiger partial charge in [-0.3, -0.25) is 9.59 Å². The average molecular weight is 599 g/mol. The molecular weight excluding hydrogens is 556 g/mol. The number of carbonyl (C=O) groups excluding carboxylic acids is 3. The highest BCUT2D eigenvalue weighted by Crippen LogP contribution is 2.30. The van der Waals surface area contributed by atoms with E-state index >= 15 is 0 Å². The Balaban J connectivity index is 1.61. The quantitative estimate of drug-likeness (QED) is 0.361. The van der Waals surface area contributed by atoms with E-state index in [4.69, 9.17) is 5.73 Å². The number of nitrogens with one attached hydrogen (secondary N) is 1. The molecule has 10 nitrogen and oxygen atoms in total. The number of hydrogen-bond acceptors (Lipinski definition) is 6. The molecular formula is C31H42N4O6S. The van der Waals surface area contributed by atoms with Crippen LogP contribution in [0.25, 0.3) is 0 Å². The Morgan fingerprint density at radius 3 is 2.38 bits per heavy atom. The summed E-state index contributed by atoms with van der Waals surface area (Å²) >= 11 is 0. The van der Waals surface area contributed by atoms with Crippen LogP contribution in [0.3, 0.4) is 0 Å². The van der Waals surface area contributed by atoms with E-state index in [1.54, 1.807) is 0 Å². The van der Waals surface area contributed by atoms with Gasteiger partial charge in [0.25, 0.3) is 5.91 Å². The maximum atomic E-state index is 13.7. The van der Waals surface area contributed by atoms with Gasteiger partial charge < -0.3 is 26.0 Å². The number of carbonyl (C=O) groups is 3. The normalized spacial score (nSPS) is 18.4. The summed E-state index contributed by atoms with van der Waals surface area (Å²) in [5.74, 6) is -0.451. The van der Waals surface area contributed by atoms with Crippen LogP contribution < -0.4 is 16.0 Å². The summed E-state index contributed by atoms with van der Waals surface area (Å²) in [5.41, 5.74) is 7.04. The number of primary amides is 1. The third-order valence-electron chi connectivity index (χ3n) is 8.54. The number of aliphatic hydroxyl groups is 1. The van der Waals surface area contributed by atoms with E-state index in [0.29, 0.717) is 25.1 Å².